The number of pyridine rings is 2. The van der Waals surface area contributed by atoms with Gasteiger partial charge in [-0.25, -0.2) is 14.8 Å². The summed E-state index contributed by atoms with van der Waals surface area (Å²) in [5, 5.41) is 9.51. The van der Waals surface area contributed by atoms with Crippen molar-refractivity contribution >= 4 is 23.6 Å². The highest BCUT2D eigenvalue weighted by Crippen LogP contribution is 2.30. The van der Waals surface area contributed by atoms with E-state index < -0.39 is 6.09 Å². The van der Waals surface area contributed by atoms with Gasteiger partial charge in [0.1, 0.15) is 18.0 Å². The number of hydrogen-bond donors (Lipinski definition) is 3. The van der Waals surface area contributed by atoms with E-state index in [2.05, 4.69) is 46.1 Å². The maximum atomic E-state index is 12.5. The van der Waals surface area contributed by atoms with E-state index in [4.69, 9.17) is 19.2 Å². The molecule has 0 radical (unpaired) electrons. The minimum absolute atomic E-state index is 0.0455. The molecular formula is C30H34N6O5. The Labute approximate surface area is 238 Å². The number of amides is 2. The lowest BCUT2D eigenvalue weighted by molar-refractivity contribution is -0.118. The first-order chi connectivity index (χ1) is 20.0. The summed E-state index contributed by atoms with van der Waals surface area (Å²) < 4.78 is 17.1. The zero-order chi connectivity index (χ0) is 28.2. The summed E-state index contributed by atoms with van der Waals surface area (Å²) in [6.45, 7) is 5.83. The number of anilines is 2. The van der Waals surface area contributed by atoms with Crippen LogP contribution in [0.15, 0.2) is 54.6 Å². The second kappa shape index (κ2) is 12.1. The topological polar surface area (TPSA) is 127 Å². The Hall–Kier alpha value is -4.22. The fraction of sp³-hybridized carbons (Fsp3) is 0.400. The highest BCUT2D eigenvalue weighted by molar-refractivity contribution is 5.95. The molecule has 5 heterocycles. The molecule has 3 N–H and O–H groups in total. The molecule has 3 atom stereocenters. The number of carbonyl (C=O) groups is 2. The number of cyclic esters (lactones) is 1. The summed E-state index contributed by atoms with van der Waals surface area (Å²) in [5.74, 6) is 2.08. The molecule has 3 aromatic rings. The van der Waals surface area contributed by atoms with Crippen LogP contribution in [0.25, 0.3) is 11.3 Å². The molecule has 0 spiro atoms. The Bertz CT molecular complexity index is 1410. The molecule has 3 aliphatic rings. The van der Waals surface area contributed by atoms with Gasteiger partial charge < -0.3 is 30.2 Å². The molecule has 2 amide bonds. The second-order valence-corrected chi connectivity index (χ2v) is 10.6. The van der Waals surface area contributed by atoms with E-state index in [1.807, 2.05) is 24.3 Å². The van der Waals surface area contributed by atoms with Gasteiger partial charge in [-0.05, 0) is 62.7 Å². The van der Waals surface area contributed by atoms with Crippen LogP contribution >= 0.6 is 0 Å². The predicted octanol–water partition coefficient (Wildman–Crippen LogP) is 3.36. The van der Waals surface area contributed by atoms with Crippen molar-refractivity contribution in [2.24, 2.45) is 5.92 Å². The molecule has 0 aliphatic carbocycles. The first-order valence-electron chi connectivity index (χ1n) is 14.1. The zero-order valence-corrected chi connectivity index (χ0v) is 23.0. The third-order valence-corrected chi connectivity index (χ3v) is 7.60. The third kappa shape index (κ3) is 6.41. The number of fused-ring (bicyclic) bond motifs is 1. The van der Waals surface area contributed by atoms with Crippen LogP contribution in [-0.2, 0) is 16.1 Å². The van der Waals surface area contributed by atoms with Crippen LogP contribution in [0.1, 0.15) is 25.3 Å². The molecule has 3 aliphatic heterocycles. The van der Waals surface area contributed by atoms with Gasteiger partial charge in [0.05, 0.1) is 12.2 Å². The predicted molar refractivity (Wildman–Crippen MR) is 153 cm³/mol. The van der Waals surface area contributed by atoms with Gasteiger partial charge in [-0.15, -0.1) is 0 Å². The van der Waals surface area contributed by atoms with Crippen molar-refractivity contribution in [3.05, 3.63) is 60.2 Å². The molecule has 2 unspecified atom stereocenters. The van der Waals surface area contributed by atoms with Crippen molar-refractivity contribution < 1.29 is 23.8 Å². The van der Waals surface area contributed by atoms with Crippen LogP contribution in [0, 0.1) is 5.92 Å². The van der Waals surface area contributed by atoms with Gasteiger partial charge in [-0.2, -0.15) is 0 Å². The molecule has 11 nitrogen and oxygen atoms in total. The number of carbonyl (C=O) groups excluding carboxylic acids is 2. The van der Waals surface area contributed by atoms with Crippen molar-refractivity contribution in [3.63, 3.8) is 0 Å². The van der Waals surface area contributed by atoms with E-state index in [0.717, 1.165) is 36.3 Å². The molecule has 0 saturated carbocycles. The summed E-state index contributed by atoms with van der Waals surface area (Å²) in [6, 6.07) is 17.6. The van der Waals surface area contributed by atoms with Crippen molar-refractivity contribution in [1.29, 1.82) is 0 Å². The van der Waals surface area contributed by atoms with E-state index in [1.54, 1.807) is 12.1 Å². The SMILES string of the molecule is C[C@@H](Oc1cccc(-c2cccc(CNCCC3CN(c4ccc5c(n4)NC(=O)CO5)C(=O)O3)c2)n1)C1CCNC1. The average Bonchev–Trinajstić information content (AvgIpc) is 3.66. The molecule has 2 aromatic heterocycles. The van der Waals surface area contributed by atoms with Crippen LogP contribution in [0.4, 0.5) is 16.4 Å². The van der Waals surface area contributed by atoms with Crippen LogP contribution in [0.2, 0.25) is 0 Å². The van der Waals surface area contributed by atoms with Crippen molar-refractivity contribution in [3.8, 4) is 22.9 Å². The maximum Gasteiger partial charge on any atom is 0.415 e. The van der Waals surface area contributed by atoms with Gasteiger partial charge in [0.2, 0.25) is 5.88 Å². The summed E-state index contributed by atoms with van der Waals surface area (Å²) in [4.78, 5) is 34.7. The Morgan fingerprint density at radius 1 is 1.15 bits per heavy atom. The number of ether oxygens (including phenoxy) is 3. The van der Waals surface area contributed by atoms with E-state index >= 15 is 0 Å². The zero-order valence-electron chi connectivity index (χ0n) is 23.0. The summed E-state index contributed by atoms with van der Waals surface area (Å²) >= 11 is 0. The van der Waals surface area contributed by atoms with Crippen molar-refractivity contribution in [1.82, 2.24) is 20.6 Å². The lowest BCUT2D eigenvalue weighted by Crippen LogP contribution is -2.29. The molecule has 0 bridgehead atoms. The van der Waals surface area contributed by atoms with Gasteiger partial charge in [0, 0.05) is 30.6 Å². The third-order valence-electron chi connectivity index (χ3n) is 7.60. The number of nitrogens with zero attached hydrogens (tertiary/aromatic N) is 3. The Morgan fingerprint density at radius 2 is 2.05 bits per heavy atom. The van der Waals surface area contributed by atoms with Crippen molar-refractivity contribution in [2.45, 2.75) is 38.5 Å². The van der Waals surface area contributed by atoms with Gasteiger partial charge >= 0.3 is 6.09 Å². The Balaban J connectivity index is 0.995. The monoisotopic (exact) mass is 558 g/mol. The van der Waals surface area contributed by atoms with Gasteiger partial charge in [0.25, 0.3) is 5.91 Å². The van der Waals surface area contributed by atoms with Gasteiger partial charge in [0.15, 0.2) is 18.2 Å². The fourth-order valence-electron chi connectivity index (χ4n) is 5.30. The standard InChI is InChI=1S/C30H34N6O5/c1-19(22-10-12-32-16-22)40-28-7-3-6-24(33-28)21-5-2-4-20(14-21)15-31-13-11-23-17-36(30(38)41-23)26-9-8-25-29(34-26)35-27(37)18-39-25/h2-9,14,19,22-23,31-32H,10-13,15-18H2,1H3,(H,34,35,37)/t19-,22?,23?/m1/s1. The summed E-state index contributed by atoms with van der Waals surface area (Å²) in [6.07, 6.45) is 1.18. The average molecular weight is 559 g/mol. The number of aromatic nitrogens is 2. The molecular weight excluding hydrogens is 524 g/mol. The number of hydrogen-bond acceptors (Lipinski definition) is 9. The first kappa shape index (κ1) is 27.0. The number of nitrogens with one attached hydrogen (secondary N) is 3. The minimum Gasteiger partial charge on any atom is -0.480 e. The van der Waals surface area contributed by atoms with E-state index in [1.165, 1.54) is 4.90 Å². The lowest BCUT2D eigenvalue weighted by Gasteiger charge is -2.19. The van der Waals surface area contributed by atoms with Crippen molar-refractivity contribution in [2.75, 3.05) is 43.0 Å². The maximum absolute atomic E-state index is 12.5. The number of rotatable bonds is 10. The Morgan fingerprint density at radius 3 is 2.93 bits per heavy atom. The van der Waals surface area contributed by atoms with Crippen LogP contribution in [-0.4, -0.2) is 67.0 Å². The molecule has 214 valence electrons. The highest BCUT2D eigenvalue weighted by atomic mass is 16.6. The van der Waals surface area contributed by atoms with E-state index in [-0.39, 0.29) is 24.7 Å². The van der Waals surface area contributed by atoms with Gasteiger partial charge in [-0.1, -0.05) is 24.3 Å². The molecule has 2 saturated heterocycles. The molecule has 2 fully saturated rings. The highest BCUT2D eigenvalue weighted by Gasteiger charge is 2.33. The fourth-order valence-corrected chi connectivity index (χ4v) is 5.30. The molecule has 11 heteroatoms. The molecule has 1 aromatic carbocycles. The summed E-state index contributed by atoms with van der Waals surface area (Å²) in [7, 11) is 0. The smallest absolute Gasteiger partial charge is 0.415 e. The Kier molecular flexibility index (Phi) is 7.97. The normalized spacial score (nSPS) is 20.7. The summed E-state index contributed by atoms with van der Waals surface area (Å²) in [5.41, 5.74) is 3.04. The largest absolute Gasteiger partial charge is 0.480 e. The minimum atomic E-state index is -0.453. The van der Waals surface area contributed by atoms with Gasteiger partial charge in [-0.3, -0.25) is 9.69 Å². The van der Waals surface area contributed by atoms with Crippen LogP contribution in [0.5, 0.6) is 11.6 Å². The molecule has 6 rings (SSSR count). The quantitative estimate of drug-likeness (QED) is 0.321. The van der Waals surface area contributed by atoms with Crippen LogP contribution < -0.4 is 30.3 Å². The van der Waals surface area contributed by atoms with E-state index in [9.17, 15) is 9.59 Å². The van der Waals surface area contributed by atoms with E-state index in [0.29, 0.717) is 55.2 Å². The first-order valence-corrected chi connectivity index (χ1v) is 14.1. The number of benzene rings is 1. The van der Waals surface area contributed by atoms with Crippen LogP contribution in [0.3, 0.4) is 0 Å². The second-order valence-electron chi connectivity index (χ2n) is 10.6. The molecule has 41 heavy (non-hydrogen) atoms. The lowest BCUT2D eigenvalue weighted by atomic mass is 10.0.